The Balaban J connectivity index is 1.59. The number of benzene rings is 1. The number of sulfonamides is 1. The number of nitrogens with one attached hydrogen (secondary N) is 2. The first kappa shape index (κ1) is 18.8. The van der Waals surface area contributed by atoms with E-state index in [4.69, 9.17) is 0 Å². The van der Waals surface area contributed by atoms with E-state index in [1.165, 1.54) is 6.26 Å². The minimum Gasteiger partial charge on any atom is -0.356 e. The summed E-state index contributed by atoms with van der Waals surface area (Å²) in [5.41, 5.74) is 4.07. The van der Waals surface area contributed by atoms with Crippen LogP contribution < -0.4 is 9.62 Å². The van der Waals surface area contributed by atoms with Crippen molar-refractivity contribution in [2.75, 3.05) is 30.8 Å². The molecule has 2 N–H and O–H groups in total. The largest absolute Gasteiger partial charge is 0.356 e. The van der Waals surface area contributed by atoms with Gasteiger partial charge >= 0.3 is 0 Å². The van der Waals surface area contributed by atoms with Gasteiger partial charge < -0.3 is 4.90 Å². The molecule has 28 heavy (non-hydrogen) atoms. The van der Waals surface area contributed by atoms with Crippen molar-refractivity contribution >= 4 is 26.7 Å². The number of nitrogens with zero attached hydrogens (tertiary/aromatic N) is 4. The van der Waals surface area contributed by atoms with Gasteiger partial charge in [0.2, 0.25) is 10.0 Å². The van der Waals surface area contributed by atoms with Crippen LogP contribution in [0.25, 0.3) is 22.2 Å². The molecule has 0 amide bonds. The van der Waals surface area contributed by atoms with Crippen LogP contribution in [-0.4, -0.2) is 54.5 Å². The molecule has 1 aromatic carbocycles. The van der Waals surface area contributed by atoms with E-state index in [-0.39, 0.29) is 0 Å². The topological polar surface area (TPSA) is 104 Å². The minimum absolute atomic E-state index is 0.348. The van der Waals surface area contributed by atoms with Gasteiger partial charge in [0.15, 0.2) is 0 Å². The lowest BCUT2D eigenvalue weighted by atomic mass is 9.96. The second-order valence-corrected chi connectivity index (χ2v) is 9.24. The molecule has 0 unspecified atom stereocenters. The van der Waals surface area contributed by atoms with Gasteiger partial charge in [0.25, 0.3) is 0 Å². The van der Waals surface area contributed by atoms with Crippen LogP contribution in [0, 0.1) is 12.8 Å². The second kappa shape index (κ2) is 7.48. The summed E-state index contributed by atoms with van der Waals surface area (Å²) in [5, 5.41) is 8.09. The third-order valence-electron chi connectivity index (χ3n) is 5.27. The van der Waals surface area contributed by atoms with Crippen molar-refractivity contribution in [1.82, 2.24) is 24.9 Å². The summed E-state index contributed by atoms with van der Waals surface area (Å²) < 4.78 is 25.3. The summed E-state index contributed by atoms with van der Waals surface area (Å²) in [6, 6.07) is 6.17. The van der Waals surface area contributed by atoms with E-state index in [0.29, 0.717) is 12.5 Å². The zero-order chi connectivity index (χ0) is 19.7. The predicted molar refractivity (Wildman–Crippen MR) is 110 cm³/mol. The van der Waals surface area contributed by atoms with Crippen molar-refractivity contribution < 1.29 is 8.42 Å². The molecular formula is C19H24N6O2S. The number of hydrogen-bond acceptors (Lipinski definition) is 6. The van der Waals surface area contributed by atoms with Crippen LogP contribution in [0.1, 0.15) is 18.4 Å². The average Bonchev–Trinajstić information content (AvgIpc) is 3.21. The van der Waals surface area contributed by atoms with Crippen molar-refractivity contribution in [3.63, 3.8) is 0 Å². The van der Waals surface area contributed by atoms with Gasteiger partial charge in [0.1, 0.15) is 12.1 Å². The summed E-state index contributed by atoms with van der Waals surface area (Å²) in [7, 11) is -3.14. The summed E-state index contributed by atoms with van der Waals surface area (Å²) >= 11 is 0. The predicted octanol–water partition coefficient (Wildman–Crippen LogP) is 2.09. The molecule has 2 aromatic heterocycles. The van der Waals surface area contributed by atoms with E-state index in [0.717, 1.165) is 59.5 Å². The zero-order valence-electron chi connectivity index (χ0n) is 16.0. The molecule has 0 saturated carbocycles. The van der Waals surface area contributed by atoms with Gasteiger partial charge in [-0.1, -0.05) is 0 Å². The molecular weight excluding hydrogens is 376 g/mol. The van der Waals surface area contributed by atoms with Crippen LogP contribution in [0.2, 0.25) is 0 Å². The molecule has 4 rings (SSSR count). The summed E-state index contributed by atoms with van der Waals surface area (Å²) in [6.07, 6.45) is 6.42. The Bertz CT molecular complexity index is 1070. The van der Waals surface area contributed by atoms with Gasteiger partial charge in [-0.3, -0.25) is 5.10 Å². The van der Waals surface area contributed by atoms with Gasteiger partial charge in [-0.2, -0.15) is 5.10 Å². The zero-order valence-corrected chi connectivity index (χ0v) is 16.8. The fourth-order valence-corrected chi connectivity index (χ4v) is 4.31. The van der Waals surface area contributed by atoms with E-state index in [1.54, 1.807) is 12.5 Å². The van der Waals surface area contributed by atoms with Gasteiger partial charge in [-0.15, -0.1) is 0 Å². The molecule has 1 aliphatic rings. The lowest BCUT2D eigenvalue weighted by molar-refractivity contribution is 0.401. The monoisotopic (exact) mass is 400 g/mol. The standard InChI is InChI=1S/C19H24N6O2S/c1-13-9-15(17-3-6-22-24-17)10-16-18(13)20-12-21-19(16)25-7-4-14(5-8-25)11-23-28(2,26)27/h3,6,9-10,12,14,23H,4-5,7-8,11H2,1-2H3,(H,22,24). The molecule has 0 bridgehead atoms. The van der Waals surface area contributed by atoms with Gasteiger partial charge in [0.05, 0.1) is 17.5 Å². The quantitative estimate of drug-likeness (QED) is 0.680. The molecule has 8 nitrogen and oxygen atoms in total. The van der Waals surface area contributed by atoms with E-state index >= 15 is 0 Å². The molecule has 0 aliphatic carbocycles. The van der Waals surface area contributed by atoms with Crippen LogP contribution in [0.5, 0.6) is 0 Å². The lowest BCUT2D eigenvalue weighted by Crippen LogP contribution is -2.38. The van der Waals surface area contributed by atoms with Gasteiger partial charge in [-0.25, -0.2) is 23.1 Å². The number of hydrogen-bond donors (Lipinski definition) is 2. The van der Waals surface area contributed by atoms with Crippen LogP contribution in [-0.2, 0) is 10.0 Å². The van der Waals surface area contributed by atoms with Gasteiger partial charge in [-0.05, 0) is 49.4 Å². The van der Waals surface area contributed by atoms with Crippen molar-refractivity contribution in [1.29, 1.82) is 0 Å². The fourth-order valence-electron chi connectivity index (χ4n) is 3.77. The SMILES string of the molecule is Cc1cc(-c2ccn[nH]2)cc2c(N3CCC(CNS(C)(=O)=O)CC3)ncnc12. The third-order valence-corrected chi connectivity index (χ3v) is 5.96. The maximum Gasteiger partial charge on any atom is 0.208 e. The first-order chi connectivity index (χ1) is 13.4. The number of aromatic nitrogens is 4. The number of rotatable bonds is 5. The van der Waals surface area contributed by atoms with E-state index in [2.05, 4.69) is 48.8 Å². The van der Waals surface area contributed by atoms with Crippen molar-refractivity contribution in [3.8, 4) is 11.3 Å². The molecule has 1 aliphatic heterocycles. The molecule has 0 radical (unpaired) electrons. The molecule has 1 saturated heterocycles. The average molecular weight is 401 g/mol. The van der Waals surface area contributed by atoms with Crippen LogP contribution in [0.4, 0.5) is 5.82 Å². The first-order valence-corrected chi connectivity index (χ1v) is 11.2. The number of fused-ring (bicyclic) bond motifs is 1. The van der Waals surface area contributed by atoms with Crippen LogP contribution in [0.15, 0.2) is 30.7 Å². The number of anilines is 1. The number of piperidine rings is 1. The maximum absolute atomic E-state index is 11.3. The highest BCUT2D eigenvalue weighted by molar-refractivity contribution is 7.88. The second-order valence-electron chi connectivity index (χ2n) is 7.41. The molecule has 9 heteroatoms. The Kier molecular flexibility index (Phi) is 5.03. The highest BCUT2D eigenvalue weighted by atomic mass is 32.2. The Labute approximate surface area is 164 Å². The van der Waals surface area contributed by atoms with E-state index in [9.17, 15) is 8.42 Å². The molecule has 1 fully saturated rings. The van der Waals surface area contributed by atoms with Crippen LogP contribution >= 0.6 is 0 Å². The number of H-pyrrole nitrogens is 1. The first-order valence-electron chi connectivity index (χ1n) is 9.35. The fraction of sp³-hybridized carbons (Fsp3) is 0.421. The van der Waals surface area contributed by atoms with Crippen molar-refractivity contribution in [3.05, 3.63) is 36.3 Å². The number of aryl methyl sites for hydroxylation is 1. The normalized spacial score (nSPS) is 16.0. The summed E-state index contributed by atoms with van der Waals surface area (Å²) in [5.74, 6) is 1.28. The number of aromatic amines is 1. The van der Waals surface area contributed by atoms with Crippen molar-refractivity contribution in [2.45, 2.75) is 19.8 Å². The Morgan fingerprint density at radius 1 is 1.25 bits per heavy atom. The third kappa shape index (κ3) is 4.00. The minimum atomic E-state index is -3.14. The molecule has 0 atom stereocenters. The highest BCUT2D eigenvalue weighted by Gasteiger charge is 2.23. The molecule has 0 spiro atoms. The molecule has 3 heterocycles. The Morgan fingerprint density at radius 3 is 2.71 bits per heavy atom. The summed E-state index contributed by atoms with van der Waals surface area (Å²) in [6.45, 7) is 4.24. The van der Waals surface area contributed by atoms with E-state index in [1.807, 2.05) is 6.07 Å². The Morgan fingerprint density at radius 2 is 2.04 bits per heavy atom. The highest BCUT2D eigenvalue weighted by Crippen LogP contribution is 2.32. The van der Waals surface area contributed by atoms with Crippen molar-refractivity contribution in [2.24, 2.45) is 5.92 Å². The maximum atomic E-state index is 11.3. The van der Waals surface area contributed by atoms with Crippen LogP contribution in [0.3, 0.4) is 0 Å². The summed E-state index contributed by atoms with van der Waals surface area (Å²) in [4.78, 5) is 11.3. The smallest absolute Gasteiger partial charge is 0.208 e. The van der Waals surface area contributed by atoms with Gasteiger partial charge in [0, 0.05) is 36.8 Å². The van der Waals surface area contributed by atoms with E-state index < -0.39 is 10.0 Å². The molecule has 3 aromatic rings. The Hall–Kier alpha value is -2.52. The lowest BCUT2D eigenvalue weighted by Gasteiger charge is -2.33. The molecule has 148 valence electrons.